The molecule has 0 amide bonds. The van der Waals surface area contributed by atoms with Gasteiger partial charge in [0.15, 0.2) is 0 Å². The quantitative estimate of drug-likeness (QED) is 0.375. The fourth-order valence-corrected chi connectivity index (χ4v) is 2.22. The van der Waals surface area contributed by atoms with Crippen molar-refractivity contribution in [1.29, 1.82) is 0 Å². The molecule has 2 unspecified atom stereocenters. The fourth-order valence-electron chi connectivity index (χ4n) is 2.22. The summed E-state index contributed by atoms with van der Waals surface area (Å²) in [6.45, 7) is 1.52. The maximum absolute atomic E-state index is 5.99. The molecule has 0 aromatic heterocycles. The summed E-state index contributed by atoms with van der Waals surface area (Å²) in [5.41, 5.74) is 22.9. The van der Waals surface area contributed by atoms with Gasteiger partial charge in [-0.3, -0.25) is 0 Å². The Morgan fingerprint density at radius 2 is 0.833 bits per heavy atom. The molecule has 110 valence electrons. The van der Waals surface area contributed by atoms with Crippen LogP contribution in [0.4, 0.5) is 0 Å². The maximum Gasteiger partial charge on any atom is 0.00392 e. The molecule has 0 saturated carbocycles. The Labute approximate surface area is 113 Å². The molecule has 0 spiro atoms. The smallest absolute Gasteiger partial charge is 0.00392 e. The van der Waals surface area contributed by atoms with Gasteiger partial charge in [-0.2, -0.15) is 0 Å². The summed E-state index contributed by atoms with van der Waals surface area (Å²) in [6, 6.07) is 0.695. The first-order valence-corrected chi connectivity index (χ1v) is 7.62. The Morgan fingerprint density at radius 1 is 0.500 bits per heavy atom. The lowest BCUT2D eigenvalue weighted by molar-refractivity contribution is 0.481. The zero-order valence-corrected chi connectivity index (χ0v) is 11.9. The van der Waals surface area contributed by atoms with Crippen molar-refractivity contribution in [3.63, 3.8) is 0 Å². The molecule has 0 saturated heterocycles. The van der Waals surface area contributed by atoms with Gasteiger partial charge in [0.25, 0.3) is 0 Å². The number of unbranched alkanes of at least 4 members (excludes halogenated alkanes) is 3. The summed E-state index contributed by atoms with van der Waals surface area (Å²) in [4.78, 5) is 0. The van der Waals surface area contributed by atoms with Gasteiger partial charge >= 0.3 is 0 Å². The van der Waals surface area contributed by atoms with Crippen LogP contribution in [0.25, 0.3) is 0 Å². The Kier molecular flexibility index (Phi) is 13.2. The van der Waals surface area contributed by atoms with E-state index in [-0.39, 0.29) is 0 Å². The molecule has 4 heteroatoms. The van der Waals surface area contributed by atoms with Crippen LogP contribution in [0.5, 0.6) is 0 Å². The van der Waals surface area contributed by atoms with Gasteiger partial charge in [-0.15, -0.1) is 0 Å². The second kappa shape index (κ2) is 13.3. The SMILES string of the molecule is NCCCC(N)CCCCCCC(N)CCCN. The molecule has 0 aliphatic rings. The van der Waals surface area contributed by atoms with Crippen molar-refractivity contribution in [3.05, 3.63) is 0 Å². The lowest BCUT2D eigenvalue weighted by Crippen LogP contribution is -2.21. The summed E-state index contributed by atoms with van der Waals surface area (Å²) in [7, 11) is 0. The van der Waals surface area contributed by atoms with E-state index in [9.17, 15) is 0 Å². The van der Waals surface area contributed by atoms with Crippen molar-refractivity contribution in [1.82, 2.24) is 0 Å². The van der Waals surface area contributed by atoms with Crippen LogP contribution in [0.1, 0.15) is 64.2 Å². The van der Waals surface area contributed by atoms with Crippen molar-refractivity contribution in [3.8, 4) is 0 Å². The average Bonchev–Trinajstić information content (AvgIpc) is 2.37. The topological polar surface area (TPSA) is 104 Å². The highest BCUT2D eigenvalue weighted by Crippen LogP contribution is 2.11. The number of hydrogen-bond acceptors (Lipinski definition) is 4. The van der Waals surface area contributed by atoms with E-state index >= 15 is 0 Å². The van der Waals surface area contributed by atoms with E-state index in [1.54, 1.807) is 0 Å². The first-order valence-electron chi connectivity index (χ1n) is 7.62. The molecule has 0 fully saturated rings. The molecular formula is C14H34N4. The van der Waals surface area contributed by atoms with Crippen LogP contribution in [0.15, 0.2) is 0 Å². The monoisotopic (exact) mass is 258 g/mol. The molecule has 0 aromatic carbocycles. The summed E-state index contributed by atoms with van der Waals surface area (Å²) in [5, 5.41) is 0. The van der Waals surface area contributed by atoms with Gasteiger partial charge in [0.1, 0.15) is 0 Å². The maximum atomic E-state index is 5.99. The fraction of sp³-hybridized carbons (Fsp3) is 1.00. The van der Waals surface area contributed by atoms with Crippen LogP contribution in [-0.2, 0) is 0 Å². The summed E-state index contributed by atoms with van der Waals surface area (Å²) in [6.07, 6.45) is 11.6. The Morgan fingerprint density at radius 3 is 1.17 bits per heavy atom. The van der Waals surface area contributed by atoms with Crippen LogP contribution < -0.4 is 22.9 Å². The summed E-state index contributed by atoms with van der Waals surface area (Å²) >= 11 is 0. The average molecular weight is 258 g/mol. The molecule has 0 heterocycles. The number of hydrogen-bond donors (Lipinski definition) is 4. The van der Waals surface area contributed by atoms with Crippen molar-refractivity contribution in [2.75, 3.05) is 13.1 Å². The van der Waals surface area contributed by atoms with Crippen molar-refractivity contribution < 1.29 is 0 Å². The molecule has 4 nitrogen and oxygen atoms in total. The molecular weight excluding hydrogens is 224 g/mol. The van der Waals surface area contributed by atoms with E-state index in [4.69, 9.17) is 22.9 Å². The molecule has 0 radical (unpaired) electrons. The predicted octanol–water partition coefficient (Wildman–Crippen LogP) is 1.46. The van der Waals surface area contributed by atoms with Crippen LogP contribution >= 0.6 is 0 Å². The normalized spacial score (nSPS) is 14.7. The van der Waals surface area contributed by atoms with Crippen LogP contribution in [0, 0.1) is 0 Å². The number of rotatable bonds is 13. The van der Waals surface area contributed by atoms with Crippen molar-refractivity contribution in [2.24, 2.45) is 22.9 Å². The Hall–Kier alpha value is -0.160. The minimum Gasteiger partial charge on any atom is -0.330 e. The molecule has 0 aliphatic heterocycles. The highest BCUT2D eigenvalue weighted by atomic mass is 14.6. The first-order chi connectivity index (χ1) is 8.70. The lowest BCUT2D eigenvalue weighted by atomic mass is 10.0. The summed E-state index contributed by atoms with van der Waals surface area (Å²) < 4.78 is 0. The van der Waals surface area contributed by atoms with Crippen molar-refractivity contribution >= 4 is 0 Å². The van der Waals surface area contributed by atoms with Gasteiger partial charge in [0.2, 0.25) is 0 Å². The highest BCUT2D eigenvalue weighted by Gasteiger charge is 2.03. The third-order valence-corrected chi connectivity index (χ3v) is 3.46. The van der Waals surface area contributed by atoms with Gasteiger partial charge in [0.05, 0.1) is 0 Å². The van der Waals surface area contributed by atoms with Crippen molar-refractivity contribution in [2.45, 2.75) is 76.3 Å². The van der Waals surface area contributed by atoms with E-state index in [2.05, 4.69) is 0 Å². The van der Waals surface area contributed by atoms with Gasteiger partial charge in [-0.25, -0.2) is 0 Å². The molecule has 0 bridgehead atoms. The Balaban J connectivity index is 3.19. The van der Waals surface area contributed by atoms with E-state index < -0.39 is 0 Å². The molecule has 2 atom stereocenters. The van der Waals surface area contributed by atoms with Crippen LogP contribution in [-0.4, -0.2) is 25.2 Å². The zero-order valence-electron chi connectivity index (χ0n) is 11.9. The lowest BCUT2D eigenvalue weighted by Gasteiger charge is -2.12. The van der Waals surface area contributed by atoms with Gasteiger partial charge in [-0.05, 0) is 51.6 Å². The second-order valence-electron chi connectivity index (χ2n) is 5.37. The van der Waals surface area contributed by atoms with Crippen LogP contribution in [0.3, 0.4) is 0 Å². The zero-order chi connectivity index (χ0) is 13.6. The van der Waals surface area contributed by atoms with Gasteiger partial charge in [-0.1, -0.05) is 25.7 Å². The second-order valence-corrected chi connectivity index (χ2v) is 5.37. The largest absolute Gasteiger partial charge is 0.330 e. The molecule has 0 rings (SSSR count). The molecule has 8 N–H and O–H groups in total. The van der Waals surface area contributed by atoms with E-state index in [0.717, 1.165) is 51.6 Å². The van der Waals surface area contributed by atoms with E-state index in [0.29, 0.717) is 12.1 Å². The van der Waals surface area contributed by atoms with E-state index in [1.165, 1.54) is 25.7 Å². The van der Waals surface area contributed by atoms with Crippen LogP contribution in [0.2, 0.25) is 0 Å². The first kappa shape index (κ1) is 17.8. The highest BCUT2D eigenvalue weighted by molar-refractivity contribution is 4.64. The minimum atomic E-state index is 0.348. The number of nitrogens with two attached hydrogens (primary N) is 4. The third-order valence-electron chi connectivity index (χ3n) is 3.46. The van der Waals surface area contributed by atoms with E-state index in [1.807, 2.05) is 0 Å². The van der Waals surface area contributed by atoms with Gasteiger partial charge in [0, 0.05) is 12.1 Å². The predicted molar refractivity (Wildman–Crippen MR) is 80.2 cm³/mol. The third kappa shape index (κ3) is 12.3. The van der Waals surface area contributed by atoms with Gasteiger partial charge < -0.3 is 22.9 Å². The Bertz CT molecular complexity index is 146. The summed E-state index contributed by atoms with van der Waals surface area (Å²) in [5.74, 6) is 0. The molecule has 0 aromatic rings. The molecule has 0 aliphatic carbocycles. The standard InChI is InChI=1S/C14H34N4/c15-11-5-9-13(17)7-3-1-2-4-8-14(18)10-6-12-16/h13-14H,1-12,15-18H2. The molecule has 18 heavy (non-hydrogen) atoms. The minimum absolute atomic E-state index is 0.348.